The van der Waals surface area contributed by atoms with Crippen LogP contribution in [0.25, 0.3) is 0 Å². The van der Waals surface area contributed by atoms with E-state index in [4.69, 9.17) is 9.47 Å². The highest BCUT2D eigenvalue weighted by molar-refractivity contribution is 5.96. The zero-order chi connectivity index (χ0) is 34.8. The Kier molecular flexibility index (Phi) is 9.82. The fraction of sp³-hybridized carbons (Fsp3) is 0.452. The topological polar surface area (TPSA) is 96.4 Å². The Morgan fingerprint density at radius 2 is 1.78 bits per heavy atom. The SMILES string of the molecule is C=CCN1CC[C@]23c4c5c(O)cc(OC(C)=O)c4O[C@H]2[C@@H](N(CCCc2ccccc2)C(=O)CCCCC(=O)c2ccccc2)CC[C@H]3[C@H]1C5. The summed E-state index contributed by atoms with van der Waals surface area (Å²) in [6.45, 7) is 7.61. The Morgan fingerprint density at radius 1 is 1.04 bits per heavy atom. The van der Waals surface area contributed by atoms with Crippen LogP contribution in [0.1, 0.15) is 85.3 Å². The number of hydrogen-bond donors (Lipinski definition) is 1. The summed E-state index contributed by atoms with van der Waals surface area (Å²) in [7, 11) is 0. The first-order valence-electron chi connectivity index (χ1n) is 18.3. The number of phenols is 1. The van der Waals surface area contributed by atoms with Crippen molar-refractivity contribution in [2.24, 2.45) is 5.92 Å². The van der Waals surface area contributed by atoms with E-state index in [0.717, 1.165) is 56.3 Å². The van der Waals surface area contributed by atoms with Gasteiger partial charge in [0.25, 0.3) is 0 Å². The number of amides is 1. The molecule has 8 nitrogen and oxygen atoms in total. The molecule has 50 heavy (non-hydrogen) atoms. The lowest BCUT2D eigenvalue weighted by Gasteiger charge is -2.60. The van der Waals surface area contributed by atoms with Crippen LogP contribution in [-0.4, -0.2) is 70.4 Å². The van der Waals surface area contributed by atoms with E-state index in [1.165, 1.54) is 18.6 Å². The number of carbonyl (C=O) groups excluding carboxylic acids is 3. The van der Waals surface area contributed by atoms with Crippen molar-refractivity contribution in [3.05, 3.63) is 102 Å². The molecule has 1 spiro atoms. The minimum atomic E-state index is -0.470. The summed E-state index contributed by atoms with van der Waals surface area (Å²) in [6.07, 6.45) is 8.58. The Balaban J connectivity index is 1.18. The van der Waals surface area contributed by atoms with Crippen LogP contribution < -0.4 is 9.47 Å². The fourth-order valence-corrected chi connectivity index (χ4v) is 9.64. The molecule has 2 aliphatic heterocycles. The third-order valence-corrected chi connectivity index (χ3v) is 11.7. The number of hydrogen-bond acceptors (Lipinski definition) is 7. The smallest absolute Gasteiger partial charge is 0.308 e. The molecule has 1 saturated heterocycles. The van der Waals surface area contributed by atoms with Gasteiger partial charge in [-0.1, -0.05) is 66.7 Å². The molecule has 2 aliphatic carbocycles. The highest BCUT2D eigenvalue weighted by atomic mass is 16.6. The van der Waals surface area contributed by atoms with Gasteiger partial charge in [0.05, 0.1) is 6.04 Å². The first kappa shape index (κ1) is 34.0. The number of esters is 1. The predicted molar refractivity (Wildman–Crippen MR) is 192 cm³/mol. The third kappa shape index (κ3) is 6.23. The van der Waals surface area contributed by atoms with Crippen LogP contribution in [0.5, 0.6) is 17.2 Å². The van der Waals surface area contributed by atoms with Gasteiger partial charge in [-0.05, 0) is 69.4 Å². The van der Waals surface area contributed by atoms with Crippen LogP contribution in [0.4, 0.5) is 0 Å². The molecule has 2 bridgehead atoms. The van der Waals surface area contributed by atoms with Crippen LogP contribution in [0.3, 0.4) is 0 Å². The number of phenolic OH excluding ortho intramolecular Hbond substituents is 1. The second kappa shape index (κ2) is 14.4. The number of rotatable bonds is 14. The van der Waals surface area contributed by atoms with Crippen molar-refractivity contribution in [3.63, 3.8) is 0 Å². The van der Waals surface area contributed by atoms with Gasteiger partial charge in [0.2, 0.25) is 5.91 Å². The number of ketones is 1. The summed E-state index contributed by atoms with van der Waals surface area (Å²) < 4.78 is 12.7. The Hall–Kier alpha value is -4.43. The zero-order valence-corrected chi connectivity index (χ0v) is 29.0. The molecular weight excluding hydrogens is 628 g/mol. The average Bonchev–Trinajstić information content (AvgIpc) is 3.46. The molecule has 3 aromatic carbocycles. The summed E-state index contributed by atoms with van der Waals surface area (Å²) in [5.74, 6) is 0.934. The van der Waals surface area contributed by atoms with Gasteiger partial charge < -0.3 is 19.5 Å². The monoisotopic (exact) mass is 676 g/mol. The van der Waals surface area contributed by atoms with Gasteiger partial charge in [-0.25, -0.2) is 0 Å². The van der Waals surface area contributed by atoms with Gasteiger partial charge in [-0.3, -0.25) is 19.3 Å². The maximum atomic E-state index is 14.4. The lowest BCUT2D eigenvalue weighted by Crippen LogP contribution is -2.69. The Bertz CT molecular complexity index is 1740. The van der Waals surface area contributed by atoms with Crippen molar-refractivity contribution in [2.75, 3.05) is 19.6 Å². The molecule has 262 valence electrons. The quantitative estimate of drug-likeness (QED) is 0.0659. The van der Waals surface area contributed by atoms with Crippen LogP contribution in [0.15, 0.2) is 79.4 Å². The average molecular weight is 677 g/mol. The molecule has 0 unspecified atom stereocenters. The summed E-state index contributed by atoms with van der Waals surface area (Å²) in [5, 5.41) is 11.4. The van der Waals surface area contributed by atoms with Crippen LogP contribution in [-0.2, 0) is 27.8 Å². The van der Waals surface area contributed by atoms with Gasteiger partial charge in [0.15, 0.2) is 17.3 Å². The molecule has 2 fully saturated rings. The third-order valence-electron chi connectivity index (χ3n) is 11.7. The molecule has 1 amide bonds. The molecule has 3 aromatic rings. The number of piperidine rings is 1. The number of unbranched alkanes of at least 4 members (excludes halogenated alkanes) is 1. The van der Waals surface area contributed by atoms with Gasteiger partial charge in [0, 0.05) is 67.1 Å². The van der Waals surface area contributed by atoms with E-state index in [-0.39, 0.29) is 47.3 Å². The molecular formula is C42H48N2O6. The van der Waals surface area contributed by atoms with E-state index in [0.29, 0.717) is 50.0 Å². The van der Waals surface area contributed by atoms with Crippen molar-refractivity contribution >= 4 is 17.7 Å². The summed E-state index contributed by atoms with van der Waals surface area (Å²) in [6, 6.07) is 21.3. The van der Waals surface area contributed by atoms with E-state index < -0.39 is 11.4 Å². The Morgan fingerprint density at radius 3 is 2.52 bits per heavy atom. The summed E-state index contributed by atoms with van der Waals surface area (Å²) in [4.78, 5) is 43.9. The van der Waals surface area contributed by atoms with Gasteiger partial charge in [-0.2, -0.15) is 0 Å². The summed E-state index contributed by atoms with van der Waals surface area (Å²) >= 11 is 0. The number of aryl methyl sites for hydroxylation is 1. The number of likely N-dealkylation sites (tertiary alicyclic amines) is 1. The predicted octanol–water partition coefficient (Wildman–Crippen LogP) is 6.82. The standard InChI is InChI=1S/C42H48N2O6/c1-3-23-43-25-22-42-32-20-21-33(41(42)50-40-37(49-28(2)45)27-36(47)31(39(40)42)26-34(32)43)44(24-12-15-29-13-6-4-7-14-29)38(48)19-11-10-18-35(46)30-16-8-5-9-17-30/h3-9,13-14,16-17,27,32-34,41,47H,1,10-12,15,18-26H2,2H3/t32-,33-,34+,41-,42-/m0/s1. The zero-order valence-electron chi connectivity index (χ0n) is 29.0. The second-order valence-corrected chi connectivity index (χ2v) is 14.5. The first-order valence-corrected chi connectivity index (χ1v) is 18.3. The van der Waals surface area contributed by atoms with Crippen molar-refractivity contribution in [1.29, 1.82) is 0 Å². The highest BCUT2D eigenvalue weighted by Gasteiger charge is 2.67. The van der Waals surface area contributed by atoms with Crippen molar-refractivity contribution in [3.8, 4) is 17.2 Å². The highest BCUT2D eigenvalue weighted by Crippen LogP contribution is 2.65. The number of nitrogens with zero attached hydrogens (tertiary/aromatic N) is 2. The number of ether oxygens (including phenoxy) is 2. The molecule has 0 radical (unpaired) electrons. The van der Waals surface area contributed by atoms with Crippen LogP contribution in [0, 0.1) is 5.92 Å². The number of aromatic hydroxyl groups is 1. The first-order chi connectivity index (χ1) is 24.3. The lowest BCUT2D eigenvalue weighted by atomic mass is 9.50. The van der Waals surface area contributed by atoms with Crippen LogP contribution in [0.2, 0.25) is 0 Å². The minimum absolute atomic E-state index is 0.0874. The molecule has 1 N–H and O–H groups in total. The minimum Gasteiger partial charge on any atom is -0.508 e. The summed E-state index contributed by atoms with van der Waals surface area (Å²) in [5.41, 5.74) is 3.39. The molecule has 4 aliphatic rings. The van der Waals surface area contributed by atoms with Crippen LogP contribution >= 0.6 is 0 Å². The van der Waals surface area contributed by atoms with Gasteiger partial charge in [-0.15, -0.1) is 6.58 Å². The van der Waals surface area contributed by atoms with E-state index >= 15 is 0 Å². The Labute approximate surface area is 295 Å². The largest absolute Gasteiger partial charge is 0.508 e. The molecule has 7 rings (SSSR count). The molecule has 1 saturated carbocycles. The molecule has 5 atom stereocenters. The number of benzene rings is 3. The van der Waals surface area contributed by atoms with Gasteiger partial charge in [0.1, 0.15) is 11.9 Å². The normalized spacial score (nSPS) is 24.5. The lowest BCUT2D eigenvalue weighted by molar-refractivity contribution is -0.142. The number of Topliss-reactive ketones (excluding diaryl/α,β-unsaturated/α-hetero) is 1. The van der Waals surface area contributed by atoms with E-state index in [1.807, 2.05) is 54.6 Å². The van der Waals surface area contributed by atoms with E-state index in [2.05, 4.69) is 28.5 Å². The molecule has 2 heterocycles. The maximum Gasteiger partial charge on any atom is 0.308 e. The maximum absolute atomic E-state index is 14.4. The number of carbonyl (C=O) groups is 3. The van der Waals surface area contributed by atoms with E-state index in [1.54, 1.807) is 0 Å². The van der Waals surface area contributed by atoms with Crippen molar-refractivity contribution < 1.29 is 29.0 Å². The van der Waals surface area contributed by atoms with E-state index in [9.17, 15) is 19.5 Å². The second-order valence-electron chi connectivity index (χ2n) is 14.5. The van der Waals surface area contributed by atoms with Gasteiger partial charge >= 0.3 is 5.97 Å². The van der Waals surface area contributed by atoms with Crippen molar-refractivity contribution in [1.82, 2.24) is 9.80 Å². The van der Waals surface area contributed by atoms with Crippen molar-refractivity contribution in [2.45, 2.75) is 94.7 Å². The molecule has 8 heteroatoms. The fourth-order valence-electron chi connectivity index (χ4n) is 9.64. The molecule has 0 aromatic heterocycles.